The Labute approximate surface area is 114 Å². The van der Waals surface area contributed by atoms with Crippen LogP contribution >= 0.6 is 0 Å². The molecule has 2 N–H and O–H groups in total. The van der Waals surface area contributed by atoms with Crippen LogP contribution in [0.15, 0.2) is 24.3 Å². The normalized spacial score (nSPS) is 11.9. The summed E-state index contributed by atoms with van der Waals surface area (Å²) in [6.07, 6.45) is 2.84. The summed E-state index contributed by atoms with van der Waals surface area (Å²) in [5.74, 6) is 0.872. The van der Waals surface area contributed by atoms with E-state index in [-0.39, 0.29) is 5.91 Å². The summed E-state index contributed by atoms with van der Waals surface area (Å²) in [4.78, 5) is 11.4. The topological polar surface area (TPSA) is 58.6 Å². The summed E-state index contributed by atoms with van der Waals surface area (Å²) in [5, 5.41) is 11.7. The van der Waals surface area contributed by atoms with Gasteiger partial charge < -0.3 is 15.2 Å². The Hall–Kier alpha value is -1.55. The number of methoxy groups -OCH3 is 1. The molecule has 106 valence electrons. The molecule has 0 aromatic heterocycles. The number of rotatable bonds is 8. The molecule has 0 saturated heterocycles. The average Bonchev–Trinajstić information content (AvgIpc) is 2.42. The lowest BCUT2D eigenvalue weighted by molar-refractivity contribution is -0.121. The minimum atomic E-state index is -0.483. The highest BCUT2D eigenvalue weighted by Crippen LogP contribution is 2.13. The van der Waals surface area contributed by atoms with Crippen LogP contribution < -0.4 is 10.1 Å². The molecule has 19 heavy (non-hydrogen) atoms. The lowest BCUT2D eigenvalue weighted by atomic mass is 10.1. The van der Waals surface area contributed by atoms with Crippen molar-refractivity contribution in [1.82, 2.24) is 5.32 Å². The van der Waals surface area contributed by atoms with Gasteiger partial charge in [-0.2, -0.15) is 0 Å². The highest BCUT2D eigenvalue weighted by atomic mass is 16.5. The van der Waals surface area contributed by atoms with Crippen LogP contribution in [-0.4, -0.2) is 30.8 Å². The lowest BCUT2D eigenvalue weighted by Gasteiger charge is -2.07. The van der Waals surface area contributed by atoms with Gasteiger partial charge in [-0.25, -0.2) is 0 Å². The van der Waals surface area contributed by atoms with Gasteiger partial charge in [0.05, 0.1) is 13.2 Å². The van der Waals surface area contributed by atoms with E-state index in [0.29, 0.717) is 13.0 Å². The molecule has 0 radical (unpaired) electrons. The van der Waals surface area contributed by atoms with E-state index in [2.05, 4.69) is 5.32 Å². The standard InChI is InChI=1S/C15H23NO3/c1-12(17)11-16-15(18)6-4-3-5-13-7-9-14(19-2)10-8-13/h7-10,12,17H,3-6,11H2,1-2H3,(H,16,18). The Morgan fingerprint density at radius 3 is 2.58 bits per heavy atom. The highest BCUT2D eigenvalue weighted by Gasteiger charge is 2.03. The number of carbonyl (C=O) groups is 1. The first kappa shape index (κ1) is 15.5. The number of nitrogens with one attached hydrogen (secondary N) is 1. The molecule has 0 heterocycles. The Balaban J connectivity index is 2.14. The van der Waals surface area contributed by atoms with Gasteiger partial charge in [0.1, 0.15) is 5.75 Å². The third-order valence-corrected chi connectivity index (χ3v) is 2.87. The minimum absolute atomic E-state index is 0.00984. The number of aliphatic hydroxyl groups excluding tert-OH is 1. The van der Waals surface area contributed by atoms with Crippen LogP contribution in [0.4, 0.5) is 0 Å². The zero-order valence-electron chi connectivity index (χ0n) is 11.7. The van der Waals surface area contributed by atoms with E-state index in [1.807, 2.05) is 24.3 Å². The largest absolute Gasteiger partial charge is 0.497 e. The molecule has 0 saturated carbocycles. The maximum Gasteiger partial charge on any atom is 0.220 e. The van der Waals surface area contributed by atoms with Crippen LogP contribution in [0.1, 0.15) is 31.7 Å². The molecule has 0 aliphatic rings. The molecule has 0 spiro atoms. The monoisotopic (exact) mass is 265 g/mol. The van der Waals surface area contributed by atoms with Crippen molar-refractivity contribution in [3.8, 4) is 5.75 Å². The Bertz CT molecular complexity index is 373. The predicted octanol–water partition coefficient (Wildman–Crippen LogP) is 1.90. The zero-order chi connectivity index (χ0) is 14.1. The van der Waals surface area contributed by atoms with E-state index >= 15 is 0 Å². The van der Waals surface area contributed by atoms with Crippen LogP contribution in [0.25, 0.3) is 0 Å². The molecule has 1 unspecified atom stereocenters. The van der Waals surface area contributed by atoms with E-state index in [1.165, 1.54) is 5.56 Å². The molecular weight excluding hydrogens is 242 g/mol. The van der Waals surface area contributed by atoms with Crippen molar-refractivity contribution < 1.29 is 14.6 Å². The number of ether oxygens (including phenoxy) is 1. The second-order valence-electron chi connectivity index (χ2n) is 4.71. The van der Waals surface area contributed by atoms with Crippen LogP contribution in [-0.2, 0) is 11.2 Å². The van der Waals surface area contributed by atoms with Crippen LogP contribution in [0, 0.1) is 0 Å². The van der Waals surface area contributed by atoms with Gasteiger partial charge in [-0.3, -0.25) is 4.79 Å². The quantitative estimate of drug-likeness (QED) is 0.706. The Kier molecular flexibility index (Phi) is 6.97. The van der Waals surface area contributed by atoms with Crippen LogP contribution in [0.2, 0.25) is 0 Å². The van der Waals surface area contributed by atoms with E-state index in [1.54, 1.807) is 14.0 Å². The Morgan fingerprint density at radius 1 is 1.32 bits per heavy atom. The predicted molar refractivity (Wildman–Crippen MR) is 75.2 cm³/mol. The van der Waals surface area contributed by atoms with E-state index in [0.717, 1.165) is 25.0 Å². The molecule has 1 amide bonds. The number of benzene rings is 1. The van der Waals surface area contributed by atoms with Gasteiger partial charge in [-0.1, -0.05) is 12.1 Å². The Morgan fingerprint density at radius 2 is 2.00 bits per heavy atom. The summed E-state index contributed by atoms with van der Waals surface area (Å²) < 4.78 is 5.10. The summed E-state index contributed by atoms with van der Waals surface area (Å²) in [6.45, 7) is 1.99. The van der Waals surface area contributed by atoms with Crippen LogP contribution in [0.3, 0.4) is 0 Å². The second kappa shape index (κ2) is 8.53. The first-order valence-corrected chi connectivity index (χ1v) is 6.69. The molecule has 1 atom stereocenters. The van der Waals surface area contributed by atoms with Crippen LogP contribution in [0.5, 0.6) is 5.75 Å². The second-order valence-corrected chi connectivity index (χ2v) is 4.71. The van der Waals surface area contributed by atoms with Gasteiger partial charge in [-0.15, -0.1) is 0 Å². The maximum atomic E-state index is 11.4. The third kappa shape index (κ3) is 6.82. The molecule has 0 aliphatic heterocycles. The summed E-state index contributed by atoms with van der Waals surface area (Å²) in [5.41, 5.74) is 1.25. The lowest BCUT2D eigenvalue weighted by Crippen LogP contribution is -2.30. The first-order valence-electron chi connectivity index (χ1n) is 6.69. The smallest absolute Gasteiger partial charge is 0.220 e. The van der Waals surface area contributed by atoms with E-state index < -0.39 is 6.10 Å². The fourth-order valence-electron chi connectivity index (χ4n) is 1.76. The molecule has 4 nitrogen and oxygen atoms in total. The number of aryl methyl sites for hydroxylation is 1. The third-order valence-electron chi connectivity index (χ3n) is 2.87. The molecule has 1 rings (SSSR count). The van der Waals surface area contributed by atoms with Crippen molar-refractivity contribution >= 4 is 5.91 Å². The summed E-state index contributed by atoms with van der Waals surface area (Å²) in [7, 11) is 1.65. The van der Waals surface area contributed by atoms with Gasteiger partial charge in [0.2, 0.25) is 5.91 Å². The van der Waals surface area contributed by atoms with Gasteiger partial charge in [-0.05, 0) is 43.9 Å². The number of aliphatic hydroxyl groups is 1. The van der Waals surface area contributed by atoms with Gasteiger partial charge in [0.15, 0.2) is 0 Å². The van der Waals surface area contributed by atoms with Crippen molar-refractivity contribution in [2.45, 2.75) is 38.7 Å². The van der Waals surface area contributed by atoms with Gasteiger partial charge >= 0.3 is 0 Å². The number of hydrogen-bond acceptors (Lipinski definition) is 3. The molecule has 0 aliphatic carbocycles. The number of hydrogen-bond donors (Lipinski definition) is 2. The average molecular weight is 265 g/mol. The molecule has 0 bridgehead atoms. The van der Waals surface area contributed by atoms with Crippen molar-refractivity contribution in [3.05, 3.63) is 29.8 Å². The highest BCUT2D eigenvalue weighted by molar-refractivity contribution is 5.75. The SMILES string of the molecule is COc1ccc(CCCCC(=O)NCC(C)O)cc1. The number of amides is 1. The number of unbranched alkanes of at least 4 members (excludes halogenated alkanes) is 1. The molecule has 4 heteroatoms. The summed E-state index contributed by atoms with van der Waals surface area (Å²) >= 11 is 0. The van der Waals surface area contributed by atoms with Crippen molar-refractivity contribution in [2.75, 3.05) is 13.7 Å². The van der Waals surface area contributed by atoms with Crippen molar-refractivity contribution in [3.63, 3.8) is 0 Å². The molecule has 1 aromatic carbocycles. The van der Waals surface area contributed by atoms with Crippen molar-refractivity contribution in [1.29, 1.82) is 0 Å². The zero-order valence-corrected chi connectivity index (χ0v) is 11.7. The fourth-order valence-corrected chi connectivity index (χ4v) is 1.76. The molecule has 0 fully saturated rings. The minimum Gasteiger partial charge on any atom is -0.497 e. The summed E-state index contributed by atoms with van der Waals surface area (Å²) in [6, 6.07) is 7.99. The fraction of sp³-hybridized carbons (Fsp3) is 0.533. The van der Waals surface area contributed by atoms with E-state index in [4.69, 9.17) is 9.84 Å². The van der Waals surface area contributed by atoms with Crippen molar-refractivity contribution in [2.24, 2.45) is 0 Å². The van der Waals surface area contributed by atoms with Gasteiger partial charge in [0.25, 0.3) is 0 Å². The first-order chi connectivity index (χ1) is 9.11. The van der Waals surface area contributed by atoms with Gasteiger partial charge in [0, 0.05) is 13.0 Å². The van der Waals surface area contributed by atoms with E-state index in [9.17, 15) is 4.79 Å². The maximum absolute atomic E-state index is 11.4. The molecule has 1 aromatic rings. The number of carbonyl (C=O) groups excluding carboxylic acids is 1. The molecular formula is C15H23NO3.